The minimum absolute atomic E-state index is 0.0615. The van der Waals surface area contributed by atoms with Gasteiger partial charge in [-0.05, 0) is 38.0 Å². The van der Waals surface area contributed by atoms with E-state index < -0.39 is 23.1 Å². The van der Waals surface area contributed by atoms with Crippen LogP contribution in [0, 0.1) is 5.41 Å². The van der Waals surface area contributed by atoms with Gasteiger partial charge in [0, 0.05) is 12.0 Å². The Morgan fingerprint density at radius 1 is 1.18 bits per heavy atom. The van der Waals surface area contributed by atoms with Gasteiger partial charge in [-0.3, -0.25) is 9.59 Å². The number of benzene rings is 1. The van der Waals surface area contributed by atoms with Gasteiger partial charge in [-0.15, -0.1) is 0 Å². The first kappa shape index (κ1) is 22.0. The maximum Gasteiger partial charge on any atom is 0.290 e. The summed E-state index contributed by atoms with van der Waals surface area (Å²) in [7, 11) is 0. The summed E-state index contributed by atoms with van der Waals surface area (Å²) in [5.41, 5.74) is 0.311. The van der Waals surface area contributed by atoms with E-state index in [-0.39, 0.29) is 17.5 Å². The third-order valence-corrected chi connectivity index (χ3v) is 4.80. The van der Waals surface area contributed by atoms with E-state index in [9.17, 15) is 14.7 Å². The minimum atomic E-state index is -0.692. The number of aliphatic hydroxyl groups is 1. The number of carbonyl (C=O) groups is 2. The second-order valence-corrected chi connectivity index (χ2v) is 8.69. The van der Waals surface area contributed by atoms with Gasteiger partial charge in [-0.25, -0.2) is 0 Å². The van der Waals surface area contributed by atoms with E-state index in [1.54, 1.807) is 25.7 Å². The van der Waals surface area contributed by atoms with Crippen molar-refractivity contribution < 1.29 is 19.4 Å². The number of carbonyl (C=O) groups excluding carboxylic acids is 2. The Balaban J connectivity index is 2.44. The van der Waals surface area contributed by atoms with E-state index in [0.29, 0.717) is 6.54 Å². The highest BCUT2D eigenvalue weighted by Crippen LogP contribution is 2.41. The minimum Gasteiger partial charge on any atom is -0.503 e. The van der Waals surface area contributed by atoms with Gasteiger partial charge in [-0.1, -0.05) is 52.7 Å². The van der Waals surface area contributed by atoms with Crippen LogP contribution in [0.15, 0.2) is 35.6 Å². The summed E-state index contributed by atoms with van der Waals surface area (Å²) in [6.45, 7) is 11.9. The number of ketones is 1. The van der Waals surface area contributed by atoms with Crippen LogP contribution in [0.2, 0.25) is 0 Å². The fraction of sp³-hybridized carbons (Fsp3) is 0.565. The average Bonchev–Trinajstić information content (AvgIpc) is 2.85. The summed E-state index contributed by atoms with van der Waals surface area (Å²) < 4.78 is 5.70. The summed E-state index contributed by atoms with van der Waals surface area (Å²) in [5, 5.41) is 10.6. The first-order chi connectivity index (χ1) is 13.1. The lowest BCUT2D eigenvalue weighted by atomic mass is 9.82. The molecule has 1 amide bonds. The SMILES string of the molecule is CCCCCN1C(=O)C(O)=C(C(=O)C(C)(C)C)C1c1ccc(OC(C)C)cc1. The number of rotatable bonds is 8. The number of hydrogen-bond acceptors (Lipinski definition) is 4. The van der Waals surface area contributed by atoms with Crippen LogP contribution in [0.5, 0.6) is 5.75 Å². The molecule has 1 aromatic carbocycles. The zero-order chi connectivity index (χ0) is 21.1. The van der Waals surface area contributed by atoms with Crippen LogP contribution < -0.4 is 4.74 Å². The van der Waals surface area contributed by atoms with Crippen molar-refractivity contribution in [2.24, 2.45) is 5.41 Å². The van der Waals surface area contributed by atoms with Gasteiger partial charge in [0.05, 0.1) is 17.7 Å². The molecule has 1 unspecified atom stereocenters. The molecule has 0 saturated carbocycles. The Kier molecular flexibility index (Phi) is 6.91. The fourth-order valence-corrected chi connectivity index (χ4v) is 3.40. The number of unbranched alkanes of at least 4 members (excludes halogenated alkanes) is 2. The lowest BCUT2D eigenvalue weighted by molar-refractivity contribution is -0.129. The Morgan fingerprint density at radius 3 is 2.29 bits per heavy atom. The molecule has 1 heterocycles. The molecule has 0 aliphatic carbocycles. The summed E-state index contributed by atoms with van der Waals surface area (Å²) in [6, 6.07) is 6.87. The molecule has 5 heteroatoms. The molecule has 5 nitrogen and oxygen atoms in total. The zero-order valence-corrected chi connectivity index (χ0v) is 17.9. The average molecular weight is 388 g/mol. The van der Waals surface area contributed by atoms with Crippen molar-refractivity contribution in [3.63, 3.8) is 0 Å². The van der Waals surface area contributed by atoms with Crippen molar-refractivity contribution in [2.75, 3.05) is 6.54 Å². The smallest absolute Gasteiger partial charge is 0.290 e. The molecule has 2 rings (SSSR count). The van der Waals surface area contributed by atoms with Crippen LogP contribution in [-0.2, 0) is 9.59 Å². The largest absolute Gasteiger partial charge is 0.503 e. The molecule has 1 aliphatic rings. The number of amides is 1. The molecular weight excluding hydrogens is 354 g/mol. The van der Waals surface area contributed by atoms with E-state index in [1.165, 1.54) is 0 Å². The number of aliphatic hydroxyl groups excluding tert-OH is 1. The van der Waals surface area contributed by atoms with E-state index >= 15 is 0 Å². The fourth-order valence-electron chi connectivity index (χ4n) is 3.40. The second-order valence-electron chi connectivity index (χ2n) is 8.69. The van der Waals surface area contributed by atoms with Crippen LogP contribution in [0.1, 0.15) is 72.4 Å². The standard InChI is InChI=1S/C23H33NO4/c1-7-8-9-14-24-19(16-10-12-17(13-11-16)28-15(2)3)18(20(25)22(24)27)21(26)23(4,5)6/h10-13,15,19,25H,7-9,14H2,1-6H3. The second kappa shape index (κ2) is 8.80. The van der Waals surface area contributed by atoms with E-state index in [4.69, 9.17) is 4.74 Å². The van der Waals surface area contributed by atoms with Crippen LogP contribution in [0.4, 0.5) is 0 Å². The van der Waals surface area contributed by atoms with Gasteiger partial charge in [0.1, 0.15) is 5.75 Å². The molecule has 154 valence electrons. The first-order valence-electron chi connectivity index (χ1n) is 10.1. The summed E-state index contributed by atoms with van der Waals surface area (Å²) in [4.78, 5) is 27.5. The molecule has 0 fully saturated rings. The van der Waals surface area contributed by atoms with Crippen LogP contribution >= 0.6 is 0 Å². The number of ether oxygens (including phenoxy) is 1. The van der Waals surface area contributed by atoms with Crippen molar-refractivity contribution in [1.82, 2.24) is 4.90 Å². The van der Waals surface area contributed by atoms with Crippen LogP contribution in [-0.4, -0.2) is 34.3 Å². The molecule has 0 spiro atoms. The van der Waals surface area contributed by atoms with Crippen molar-refractivity contribution in [1.29, 1.82) is 0 Å². The third-order valence-electron chi connectivity index (χ3n) is 4.80. The Hall–Kier alpha value is -2.30. The predicted octanol–water partition coefficient (Wildman–Crippen LogP) is 4.97. The number of nitrogens with zero attached hydrogens (tertiary/aromatic N) is 1. The van der Waals surface area contributed by atoms with E-state index in [0.717, 1.165) is 30.6 Å². The van der Waals surface area contributed by atoms with Gasteiger partial charge in [0.15, 0.2) is 11.5 Å². The van der Waals surface area contributed by atoms with E-state index in [1.807, 2.05) is 38.1 Å². The number of Topliss-reactive ketones (excluding diaryl/α,β-unsaturated/α-hetero) is 1. The van der Waals surface area contributed by atoms with Crippen molar-refractivity contribution in [3.8, 4) is 5.75 Å². The molecule has 1 aliphatic heterocycles. The lowest BCUT2D eigenvalue weighted by Gasteiger charge is -2.29. The van der Waals surface area contributed by atoms with Crippen LogP contribution in [0.25, 0.3) is 0 Å². The summed E-state index contributed by atoms with van der Waals surface area (Å²) in [5.74, 6) is -0.346. The lowest BCUT2D eigenvalue weighted by Crippen LogP contribution is -2.33. The van der Waals surface area contributed by atoms with Gasteiger partial charge in [0.25, 0.3) is 5.91 Å². The zero-order valence-electron chi connectivity index (χ0n) is 17.9. The monoisotopic (exact) mass is 387 g/mol. The topological polar surface area (TPSA) is 66.8 Å². The molecule has 1 aromatic rings. The van der Waals surface area contributed by atoms with Gasteiger partial charge >= 0.3 is 0 Å². The quantitative estimate of drug-likeness (QED) is 0.639. The number of hydrogen-bond donors (Lipinski definition) is 1. The highest BCUT2D eigenvalue weighted by molar-refractivity contribution is 6.10. The molecule has 0 aromatic heterocycles. The molecule has 28 heavy (non-hydrogen) atoms. The highest BCUT2D eigenvalue weighted by Gasteiger charge is 2.45. The first-order valence-corrected chi connectivity index (χ1v) is 10.1. The predicted molar refractivity (Wildman–Crippen MR) is 110 cm³/mol. The highest BCUT2D eigenvalue weighted by atomic mass is 16.5. The molecule has 1 atom stereocenters. The van der Waals surface area contributed by atoms with E-state index in [2.05, 4.69) is 6.92 Å². The van der Waals surface area contributed by atoms with Gasteiger partial charge < -0.3 is 14.7 Å². The van der Waals surface area contributed by atoms with Gasteiger partial charge in [0.2, 0.25) is 0 Å². The molecule has 1 N–H and O–H groups in total. The van der Waals surface area contributed by atoms with Crippen molar-refractivity contribution in [2.45, 2.75) is 73.0 Å². The molecule has 0 radical (unpaired) electrons. The summed E-state index contributed by atoms with van der Waals surface area (Å²) in [6.07, 6.45) is 2.91. The van der Waals surface area contributed by atoms with Gasteiger partial charge in [-0.2, -0.15) is 0 Å². The third kappa shape index (κ3) is 4.75. The summed E-state index contributed by atoms with van der Waals surface area (Å²) >= 11 is 0. The molecule has 0 saturated heterocycles. The van der Waals surface area contributed by atoms with Crippen molar-refractivity contribution >= 4 is 11.7 Å². The Labute approximate surface area is 168 Å². The maximum absolute atomic E-state index is 13.1. The molecule has 0 bridgehead atoms. The maximum atomic E-state index is 13.1. The van der Waals surface area contributed by atoms with Crippen molar-refractivity contribution in [3.05, 3.63) is 41.2 Å². The molecular formula is C23H33NO4. The Morgan fingerprint density at radius 2 is 1.79 bits per heavy atom. The Bertz CT molecular complexity index is 741. The normalized spacial score (nSPS) is 17.6. The van der Waals surface area contributed by atoms with Crippen LogP contribution in [0.3, 0.4) is 0 Å².